The summed E-state index contributed by atoms with van der Waals surface area (Å²) in [6.07, 6.45) is 3.14. The van der Waals surface area contributed by atoms with Crippen LogP contribution in [0.5, 0.6) is 0 Å². The van der Waals surface area contributed by atoms with E-state index in [9.17, 15) is 4.79 Å². The number of allylic oxidation sites excluding steroid dienone is 2. The smallest absolute Gasteiger partial charge is 0.134 e. The Balaban J connectivity index is 3.05. The molecule has 0 aromatic carbocycles. The van der Waals surface area contributed by atoms with Gasteiger partial charge in [-0.2, -0.15) is 0 Å². The van der Waals surface area contributed by atoms with Gasteiger partial charge in [-0.15, -0.1) is 0 Å². The van der Waals surface area contributed by atoms with Crippen molar-refractivity contribution in [2.75, 3.05) is 0 Å². The summed E-state index contributed by atoms with van der Waals surface area (Å²) >= 11 is 0. The van der Waals surface area contributed by atoms with Gasteiger partial charge in [-0.05, 0) is 12.5 Å². The van der Waals surface area contributed by atoms with E-state index in [0.29, 0.717) is 5.57 Å². The van der Waals surface area contributed by atoms with E-state index >= 15 is 0 Å². The van der Waals surface area contributed by atoms with Gasteiger partial charge in [-0.3, -0.25) is 4.99 Å². The van der Waals surface area contributed by atoms with Crippen molar-refractivity contribution < 1.29 is 4.79 Å². The lowest BCUT2D eigenvalue weighted by molar-refractivity contribution is 0.568. The van der Waals surface area contributed by atoms with Gasteiger partial charge in [0, 0.05) is 12.4 Å². The summed E-state index contributed by atoms with van der Waals surface area (Å²) in [7, 11) is 0. The maximum Gasteiger partial charge on any atom is 0.134 e. The lowest BCUT2D eigenvalue weighted by atomic mass is 10.2. The van der Waals surface area contributed by atoms with Crippen LogP contribution in [-0.2, 0) is 4.79 Å². The molecule has 1 heterocycles. The topological polar surface area (TPSA) is 29.4 Å². The van der Waals surface area contributed by atoms with Crippen molar-refractivity contribution in [3.05, 3.63) is 17.3 Å². The zero-order valence-electron chi connectivity index (χ0n) is 4.51. The molecule has 2 nitrogen and oxygen atoms in total. The number of carbonyl (C=O) groups excluding carboxylic acids is 1. The summed E-state index contributed by atoms with van der Waals surface area (Å²) < 4.78 is 0. The normalized spacial score (nSPS) is 16.1. The Morgan fingerprint density at radius 1 is 1.75 bits per heavy atom. The highest BCUT2D eigenvalue weighted by Crippen LogP contribution is 2.08. The second-order valence-electron chi connectivity index (χ2n) is 1.61. The van der Waals surface area contributed by atoms with Crippen molar-refractivity contribution in [2.45, 2.75) is 6.92 Å². The zero-order valence-corrected chi connectivity index (χ0v) is 4.51. The number of nitrogens with zero attached hydrogens (tertiary/aromatic N) is 1. The Labute approximate surface area is 47.2 Å². The fourth-order valence-corrected chi connectivity index (χ4v) is 0.502. The van der Waals surface area contributed by atoms with Gasteiger partial charge in [0.1, 0.15) is 5.94 Å². The maximum absolute atomic E-state index is 9.92. The maximum atomic E-state index is 9.92. The van der Waals surface area contributed by atoms with Crippen molar-refractivity contribution in [1.82, 2.24) is 0 Å². The second kappa shape index (κ2) is 1.76. The summed E-state index contributed by atoms with van der Waals surface area (Å²) in [4.78, 5) is 13.7. The quantitative estimate of drug-likeness (QED) is 0.419. The number of hydrogen-bond acceptors (Lipinski definition) is 2. The van der Waals surface area contributed by atoms with E-state index in [1.165, 1.54) is 6.21 Å². The van der Waals surface area contributed by atoms with E-state index in [4.69, 9.17) is 0 Å². The predicted molar refractivity (Wildman–Crippen MR) is 31.5 cm³/mol. The van der Waals surface area contributed by atoms with Crippen molar-refractivity contribution in [3.63, 3.8) is 0 Å². The Morgan fingerprint density at radius 2 is 2.50 bits per heavy atom. The third-order valence-corrected chi connectivity index (χ3v) is 1.01. The highest BCUT2D eigenvalue weighted by molar-refractivity contribution is 5.96. The van der Waals surface area contributed by atoms with Crippen LogP contribution >= 0.6 is 0 Å². The largest absolute Gasteiger partial charge is 0.263 e. The van der Waals surface area contributed by atoms with Gasteiger partial charge in [0.2, 0.25) is 0 Å². The van der Waals surface area contributed by atoms with Crippen LogP contribution in [0, 0.1) is 0 Å². The van der Waals surface area contributed by atoms with Crippen LogP contribution in [0.3, 0.4) is 0 Å². The fraction of sp³-hybridized carbons (Fsp3) is 0.167. The van der Waals surface area contributed by atoms with Crippen LogP contribution in [-0.4, -0.2) is 12.2 Å². The molecule has 0 aromatic rings. The van der Waals surface area contributed by atoms with Crippen LogP contribution in [0.2, 0.25) is 0 Å². The molecule has 0 spiro atoms. The van der Waals surface area contributed by atoms with Gasteiger partial charge < -0.3 is 0 Å². The molecule has 2 heteroatoms. The Bertz CT molecular complexity index is 207. The molecule has 0 saturated heterocycles. The van der Waals surface area contributed by atoms with Crippen molar-refractivity contribution in [2.24, 2.45) is 4.99 Å². The van der Waals surface area contributed by atoms with Crippen LogP contribution < -0.4 is 0 Å². The van der Waals surface area contributed by atoms with Crippen LogP contribution in [0.15, 0.2) is 22.3 Å². The number of rotatable bonds is 0. The molecule has 0 fully saturated rings. The molecular formula is C6H5NO. The lowest BCUT2D eigenvalue weighted by Crippen LogP contribution is -1.79. The summed E-state index contributed by atoms with van der Waals surface area (Å²) in [6.45, 7) is 1.83. The Kier molecular flexibility index (Phi) is 1.10. The molecule has 0 amide bonds. The highest BCUT2D eigenvalue weighted by Gasteiger charge is 2.00. The molecule has 0 N–H and O–H groups in total. The second-order valence-corrected chi connectivity index (χ2v) is 1.61. The minimum atomic E-state index is 0.560. The van der Waals surface area contributed by atoms with Gasteiger partial charge in [-0.25, -0.2) is 4.79 Å². The summed E-state index contributed by atoms with van der Waals surface area (Å²) in [6, 6.07) is 0. The van der Waals surface area contributed by atoms with E-state index in [-0.39, 0.29) is 0 Å². The zero-order chi connectivity index (χ0) is 5.98. The first-order valence-electron chi connectivity index (χ1n) is 2.30. The van der Waals surface area contributed by atoms with Crippen LogP contribution in [0.25, 0.3) is 0 Å². The minimum absolute atomic E-state index is 0.560. The van der Waals surface area contributed by atoms with E-state index in [2.05, 4.69) is 4.99 Å². The Hall–Kier alpha value is -1.14. The van der Waals surface area contributed by atoms with E-state index in [1.54, 1.807) is 12.1 Å². The van der Waals surface area contributed by atoms with E-state index < -0.39 is 0 Å². The SMILES string of the molecule is CC1=CN=CC1=C=O. The Morgan fingerprint density at radius 3 is 2.75 bits per heavy atom. The van der Waals surface area contributed by atoms with Crippen molar-refractivity contribution in [1.29, 1.82) is 0 Å². The minimum Gasteiger partial charge on any atom is -0.263 e. The van der Waals surface area contributed by atoms with Crippen LogP contribution in [0.1, 0.15) is 6.92 Å². The molecule has 0 aliphatic carbocycles. The molecule has 0 bridgehead atoms. The van der Waals surface area contributed by atoms with Gasteiger partial charge in [0.05, 0.1) is 5.57 Å². The monoisotopic (exact) mass is 107 g/mol. The van der Waals surface area contributed by atoms with Crippen LogP contribution in [0.4, 0.5) is 0 Å². The molecule has 1 aliphatic heterocycles. The van der Waals surface area contributed by atoms with Gasteiger partial charge >= 0.3 is 0 Å². The molecule has 0 saturated carbocycles. The molecule has 8 heavy (non-hydrogen) atoms. The van der Waals surface area contributed by atoms with Crippen molar-refractivity contribution in [3.8, 4) is 0 Å². The van der Waals surface area contributed by atoms with E-state index in [0.717, 1.165) is 5.57 Å². The molecule has 0 aromatic heterocycles. The molecule has 0 radical (unpaired) electrons. The third-order valence-electron chi connectivity index (χ3n) is 1.01. The van der Waals surface area contributed by atoms with Gasteiger partial charge in [-0.1, -0.05) is 0 Å². The average Bonchev–Trinajstić information content (AvgIpc) is 2.14. The molecule has 1 aliphatic rings. The van der Waals surface area contributed by atoms with Gasteiger partial charge in [0.25, 0.3) is 0 Å². The first kappa shape index (κ1) is 5.01. The number of hydrogen-bond donors (Lipinski definition) is 0. The first-order chi connectivity index (χ1) is 3.84. The molecule has 0 atom stereocenters. The standard InChI is InChI=1S/C6H5NO/c1-5-2-7-3-6(5)4-8/h2-3H,1H3. The summed E-state index contributed by atoms with van der Waals surface area (Å²) in [5.41, 5.74) is 1.45. The third kappa shape index (κ3) is 0.614. The lowest BCUT2D eigenvalue weighted by Gasteiger charge is -1.81. The van der Waals surface area contributed by atoms with Crippen molar-refractivity contribution >= 4 is 12.2 Å². The molecule has 1 rings (SSSR count). The average molecular weight is 107 g/mol. The summed E-state index contributed by atoms with van der Waals surface area (Å²) in [5, 5.41) is 0. The fourth-order valence-electron chi connectivity index (χ4n) is 0.502. The molecule has 0 unspecified atom stereocenters. The molecule has 40 valence electrons. The first-order valence-corrected chi connectivity index (χ1v) is 2.30. The highest BCUT2D eigenvalue weighted by atomic mass is 16.1. The number of aliphatic imine (C=N–C) groups is 1. The predicted octanol–water partition coefficient (Wildman–Crippen LogP) is 0.733. The summed E-state index contributed by atoms with van der Waals surface area (Å²) in [5.74, 6) is 1.76. The van der Waals surface area contributed by atoms with Gasteiger partial charge in [0.15, 0.2) is 0 Å². The van der Waals surface area contributed by atoms with E-state index in [1.807, 2.05) is 6.92 Å². The molecular weight excluding hydrogens is 102 g/mol.